The van der Waals surface area contributed by atoms with E-state index in [1.54, 1.807) is 13.0 Å². The summed E-state index contributed by atoms with van der Waals surface area (Å²) in [6.45, 7) is 1.72. The fourth-order valence-electron chi connectivity index (χ4n) is 1.72. The molecule has 1 heterocycles. The zero-order valence-corrected chi connectivity index (χ0v) is 11.4. The van der Waals surface area contributed by atoms with Gasteiger partial charge in [-0.25, -0.2) is 4.98 Å². The van der Waals surface area contributed by atoms with Crippen molar-refractivity contribution in [3.63, 3.8) is 0 Å². The number of benzene rings is 1. The van der Waals surface area contributed by atoms with Gasteiger partial charge >= 0.3 is 0 Å². The summed E-state index contributed by atoms with van der Waals surface area (Å²) in [4.78, 5) is 25.0. The standard InChI is InChI=1S/C14H12N2O5/c1-9-5-10(8-17)7-15-14(9)21-13-6-11(16(18)19)3-4-12(13)20-2/h3-8H,1-2H3. The Morgan fingerprint density at radius 1 is 1.29 bits per heavy atom. The van der Waals surface area contributed by atoms with Crippen LogP contribution in [0.4, 0.5) is 5.69 Å². The molecule has 0 radical (unpaired) electrons. The van der Waals surface area contributed by atoms with Gasteiger partial charge in [-0.2, -0.15) is 0 Å². The van der Waals surface area contributed by atoms with E-state index < -0.39 is 4.92 Å². The topological polar surface area (TPSA) is 91.6 Å². The summed E-state index contributed by atoms with van der Waals surface area (Å²) in [7, 11) is 1.43. The number of nitro benzene ring substituents is 1. The lowest BCUT2D eigenvalue weighted by atomic mass is 10.2. The first-order chi connectivity index (χ1) is 10.0. The molecular weight excluding hydrogens is 276 g/mol. The second kappa shape index (κ2) is 6.00. The van der Waals surface area contributed by atoms with Gasteiger partial charge < -0.3 is 9.47 Å². The van der Waals surface area contributed by atoms with Gasteiger partial charge in [-0.3, -0.25) is 14.9 Å². The Kier molecular flexibility index (Phi) is 4.13. The molecule has 0 bridgehead atoms. The molecule has 0 saturated carbocycles. The highest BCUT2D eigenvalue weighted by Crippen LogP contribution is 2.35. The quantitative estimate of drug-likeness (QED) is 0.477. The van der Waals surface area contributed by atoms with Crippen LogP contribution in [0.25, 0.3) is 0 Å². The molecular formula is C14H12N2O5. The number of hydrogen-bond acceptors (Lipinski definition) is 6. The molecule has 0 aliphatic rings. The Morgan fingerprint density at radius 2 is 2.05 bits per heavy atom. The van der Waals surface area contributed by atoms with Crippen molar-refractivity contribution in [3.05, 3.63) is 51.7 Å². The molecule has 2 rings (SSSR count). The molecule has 0 fully saturated rings. The zero-order valence-electron chi connectivity index (χ0n) is 11.4. The number of non-ortho nitro benzene ring substituents is 1. The van der Waals surface area contributed by atoms with Crippen molar-refractivity contribution in [1.29, 1.82) is 0 Å². The number of hydrogen-bond donors (Lipinski definition) is 0. The van der Waals surface area contributed by atoms with Crippen molar-refractivity contribution in [3.8, 4) is 17.4 Å². The highest BCUT2D eigenvalue weighted by Gasteiger charge is 2.14. The van der Waals surface area contributed by atoms with Crippen LogP contribution in [0.5, 0.6) is 17.4 Å². The van der Waals surface area contributed by atoms with Gasteiger partial charge in [0.2, 0.25) is 5.88 Å². The van der Waals surface area contributed by atoms with E-state index in [2.05, 4.69) is 4.98 Å². The molecule has 0 spiro atoms. The van der Waals surface area contributed by atoms with Crippen LogP contribution in [0, 0.1) is 17.0 Å². The van der Waals surface area contributed by atoms with Crippen LogP contribution in [0.1, 0.15) is 15.9 Å². The smallest absolute Gasteiger partial charge is 0.273 e. The summed E-state index contributed by atoms with van der Waals surface area (Å²) >= 11 is 0. The Morgan fingerprint density at radius 3 is 2.62 bits per heavy atom. The van der Waals surface area contributed by atoms with Crippen molar-refractivity contribution in [2.24, 2.45) is 0 Å². The average Bonchev–Trinajstić information content (AvgIpc) is 2.49. The van der Waals surface area contributed by atoms with Gasteiger partial charge in [0.1, 0.15) is 0 Å². The van der Waals surface area contributed by atoms with E-state index in [0.717, 1.165) is 0 Å². The number of nitro groups is 1. The third kappa shape index (κ3) is 3.14. The molecule has 7 nitrogen and oxygen atoms in total. The van der Waals surface area contributed by atoms with E-state index >= 15 is 0 Å². The molecule has 0 aliphatic carbocycles. The van der Waals surface area contributed by atoms with E-state index in [4.69, 9.17) is 9.47 Å². The average molecular weight is 288 g/mol. The number of aldehydes is 1. The number of methoxy groups -OCH3 is 1. The maximum atomic E-state index is 10.8. The number of carbonyl (C=O) groups excluding carboxylic acids is 1. The molecule has 0 saturated heterocycles. The Balaban J connectivity index is 2.40. The Hall–Kier alpha value is -2.96. The molecule has 2 aromatic rings. The number of nitrogens with zero attached hydrogens (tertiary/aromatic N) is 2. The minimum absolute atomic E-state index is 0.118. The Bertz CT molecular complexity index is 700. The van der Waals surface area contributed by atoms with Crippen LogP contribution in [-0.2, 0) is 0 Å². The van der Waals surface area contributed by atoms with Gasteiger partial charge in [0.25, 0.3) is 5.69 Å². The van der Waals surface area contributed by atoms with Crippen molar-refractivity contribution < 1.29 is 19.2 Å². The van der Waals surface area contributed by atoms with E-state index in [1.165, 1.54) is 31.5 Å². The molecule has 0 aliphatic heterocycles. The van der Waals surface area contributed by atoms with Gasteiger partial charge in [-0.15, -0.1) is 0 Å². The van der Waals surface area contributed by atoms with Gasteiger partial charge in [-0.1, -0.05) is 0 Å². The molecule has 21 heavy (non-hydrogen) atoms. The molecule has 0 atom stereocenters. The predicted octanol–water partition coefficient (Wildman–Crippen LogP) is 2.91. The van der Waals surface area contributed by atoms with Crippen molar-refractivity contribution in [2.45, 2.75) is 6.92 Å². The lowest BCUT2D eigenvalue weighted by Crippen LogP contribution is -1.97. The predicted molar refractivity (Wildman–Crippen MR) is 74.1 cm³/mol. The fourth-order valence-corrected chi connectivity index (χ4v) is 1.72. The summed E-state index contributed by atoms with van der Waals surface area (Å²) in [5, 5.41) is 10.8. The SMILES string of the molecule is COc1ccc([N+](=O)[O-])cc1Oc1ncc(C=O)cc1C. The van der Waals surface area contributed by atoms with Crippen LogP contribution in [0.15, 0.2) is 30.5 Å². The third-order valence-electron chi connectivity index (χ3n) is 2.75. The van der Waals surface area contributed by atoms with Gasteiger partial charge in [0.05, 0.1) is 18.1 Å². The highest BCUT2D eigenvalue weighted by atomic mass is 16.6. The first-order valence-corrected chi connectivity index (χ1v) is 5.97. The zero-order chi connectivity index (χ0) is 15.4. The van der Waals surface area contributed by atoms with Crippen molar-refractivity contribution in [1.82, 2.24) is 4.98 Å². The summed E-state index contributed by atoms with van der Waals surface area (Å²) < 4.78 is 10.7. The molecule has 0 N–H and O–H groups in total. The summed E-state index contributed by atoms with van der Waals surface area (Å²) in [5.41, 5.74) is 0.937. The molecule has 0 unspecified atom stereocenters. The first kappa shape index (κ1) is 14.4. The number of carbonyl (C=O) groups is 1. The van der Waals surface area contributed by atoms with Crippen molar-refractivity contribution >= 4 is 12.0 Å². The van der Waals surface area contributed by atoms with Crippen LogP contribution >= 0.6 is 0 Å². The summed E-state index contributed by atoms with van der Waals surface area (Å²) in [6.07, 6.45) is 2.04. The monoisotopic (exact) mass is 288 g/mol. The third-order valence-corrected chi connectivity index (χ3v) is 2.75. The molecule has 108 valence electrons. The molecule has 7 heteroatoms. The minimum Gasteiger partial charge on any atom is -0.493 e. The van der Waals surface area contributed by atoms with E-state index in [0.29, 0.717) is 23.2 Å². The van der Waals surface area contributed by atoms with Crippen molar-refractivity contribution in [2.75, 3.05) is 7.11 Å². The van der Waals surface area contributed by atoms with Gasteiger partial charge in [-0.05, 0) is 19.1 Å². The fraction of sp³-hybridized carbons (Fsp3) is 0.143. The normalized spacial score (nSPS) is 10.0. The number of rotatable bonds is 5. The lowest BCUT2D eigenvalue weighted by Gasteiger charge is -2.11. The van der Waals surface area contributed by atoms with Crippen LogP contribution in [0.3, 0.4) is 0 Å². The summed E-state index contributed by atoms with van der Waals surface area (Å²) in [6, 6.07) is 5.64. The van der Waals surface area contributed by atoms with E-state index in [-0.39, 0.29) is 17.3 Å². The van der Waals surface area contributed by atoms with Gasteiger partial charge in [0, 0.05) is 23.4 Å². The maximum Gasteiger partial charge on any atom is 0.273 e. The Labute approximate surface area is 120 Å². The summed E-state index contributed by atoms with van der Waals surface area (Å²) in [5.74, 6) is 0.779. The number of aryl methyl sites for hydroxylation is 1. The maximum absolute atomic E-state index is 10.8. The highest BCUT2D eigenvalue weighted by molar-refractivity contribution is 5.74. The molecule has 0 amide bonds. The minimum atomic E-state index is -0.526. The molecule has 1 aromatic carbocycles. The largest absolute Gasteiger partial charge is 0.493 e. The first-order valence-electron chi connectivity index (χ1n) is 5.97. The lowest BCUT2D eigenvalue weighted by molar-refractivity contribution is -0.384. The second-order valence-electron chi connectivity index (χ2n) is 4.20. The number of ether oxygens (including phenoxy) is 2. The second-order valence-corrected chi connectivity index (χ2v) is 4.20. The van der Waals surface area contributed by atoms with E-state index in [9.17, 15) is 14.9 Å². The van der Waals surface area contributed by atoms with Crippen LogP contribution < -0.4 is 9.47 Å². The van der Waals surface area contributed by atoms with Crippen LogP contribution in [-0.4, -0.2) is 23.3 Å². The van der Waals surface area contributed by atoms with E-state index in [1.807, 2.05) is 0 Å². The van der Waals surface area contributed by atoms with Gasteiger partial charge in [0.15, 0.2) is 17.8 Å². The van der Waals surface area contributed by atoms with Crippen LogP contribution in [0.2, 0.25) is 0 Å². The number of pyridine rings is 1. The molecule has 1 aromatic heterocycles. The number of aromatic nitrogens is 1.